The molecule has 0 saturated heterocycles. The summed E-state index contributed by atoms with van der Waals surface area (Å²) in [5.41, 5.74) is 5.83. The van der Waals surface area contributed by atoms with E-state index in [1.807, 2.05) is 12.2 Å². The monoisotopic (exact) mass is 260 g/mol. The van der Waals surface area contributed by atoms with Gasteiger partial charge in [-0.1, -0.05) is 18.6 Å². The SMILES string of the molecule is NC1C=CC(C(=O)NC2CC3CC2C2CCCC32)C1. The topological polar surface area (TPSA) is 55.1 Å². The van der Waals surface area contributed by atoms with Crippen molar-refractivity contribution in [3.8, 4) is 0 Å². The Morgan fingerprint density at radius 2 is 1.89 bits per heavy atom. The standard InChI is InChI=1S/C16H24N2O/c17-11-5-4-9(6-11)16(19)18-15-8-10-7-14(15)13-3-1-2-12(10)13/h4-5,9-15H,1-3,6-8,17H2,(H,18,19). The molecule has 1 amide bonds. The lowest BCUT2D eigenvalue weighted by molar-refractivity contribution is -0.124. The summed E-state index contributed by atoms with van der Waals surface area (Å²) in [5.74, 6) is 3.85. The summed E-state index contributed by atoms with van der Waals surface area (Å²) < 4.78 is 0. The van der Waals surface area contributed by atoms with Gasteiger partial charge in [0.15, 0.2) is 0 Å². The molecular weight excluding hydrogens is 236 g/mol. The summed E-state index contributed by atoms with van der Waals surface area (Å²) >= 11 is 0. The van der Waals surface area contributed by atoms with E-state index in [-0.39, 0.29) is 17.9 Å². The highest BCUT2D eigenvalue weighted by atomic mass is 16.1. The minimum absolute atomic E-state index is 0.0218. The molecule has 4 rings (SSSR count). The van der Waals surface area contributed by atoms with Crippen LogP contribution in [0.2, 0.25) is 0 Å². The molecule has 3 fully saturated rings. The van der Waals surface area contributed by atoms with Gasteiger partial charge in [0.05, 0.1) is 5.92 Å². The van der Waals surface area contributed by atoms with E-state index in [9.17, 15) is 4.79 Å². The molecule has 4 aliphatic carbocycles. The van der Waals surface area contributed by atoms with E-state index in [1.165, 1.54) is 32.1 Å². The lowest BCUT2D eigenvalue weighted by atomic mass is 9.79. The van der Waals surface area contributed by atoms with Crippen LogP contribution in [0.1, 0.15) is 38.5 Å². The molecule has 104 valence electrons. The molecule has 0 aromatic heterocycles. The quantitative estimate of drug-likeness (QED) is 0.744. The van der Waals surface area contributed by atoms with Crippen LogP contribution in [-0.2, 0) is 4.79 Å². The van der Waals surface area contributed by atoms with Crippen LogP contribution in [0.3, 0.4) is 0 Å². The van der Waals surface area contributed by atoms with Crippen LogP contribution in [0, 0.1) is 29.6 Å². The average molecular weight is 260 g/mol. The summed E-state index contributed by atoms with van der Waals surface area (Å²) in [6, 6.07) is 0.539. The average Bonchev–Trinajstić information content (AvgIpc) is 3.08. The van der Waals surface area contributed by atoms with E-state index in [1.54, 1.807) is 0 Å². The molecule has 2 bridgehead atoms. The molecule has 0 aliphatic heterocycles. The maximum absolute atomic E-state index is 12.3. The van der Waals surface area contributed by atoms with Crippen LogP contribution in [0.25, 0.3) is 0 Å². The van der Waals surface area contributed by atoms with Gasteiger partial charge in [-0.25, -0.2) is 0 Å². The molecule has 19 heavy (non-hydrogen) atoms. The second-order valence-corrected chi connectivity index (χ2v) is 7.16. The van der Waals surface area contributed by atoms with Gasteiger partial charge in [-0.15, -0.1) is 0 Å². The predicted octanol–water partition coefficient (Wildman–Crippen LogP) is 1.83. The number of carbonyl (C=O) groups excluding carboxylic acids is 1. The van der Waals surface area contributed by atoms with Crippen LogP contribution in [-0.4, -0.2) is 18.0 Å². The molecule has 3 heteroatoms. The van der Waals surface area contributed by atoms with Crippen LogP contribution in [0.15, 0.2) is 12.2 Å². The molecule has 3 N–H and O–H groups in total. The Morgan fingerprint density at radius 3 is 2.68 bits per heavy atom. The van der Waals surface area contributed by atoms with Gasteiger partial charge in [0.2, 0.25) is 5.91 Å². The second kappa shape index (κ2) is 4.34. The first kappa shape index (κ1) is 12.0. The van der Waals surface area contributed by atoms with Crippen LogP contribution >= 0.6 is 0 Å². The number of hydrogen-bond acceptors (Lipinski definition) is 2. The van der Waals surface area contributed by atoms with Crippen molar-refractivity contribution in [1.29, 1.82) is 0 Å². The Labute approximate surface area is 115 Å². The molecule has 4 aliphatic rings. The Balaban J connectivity index is 1.39. The van der Waals surface area contributed by atoms with E-state index in [2.05, 4.69) is 5.32 Å². The number of nitrogens with two attached hydrogens (primary N) is 1. The number of fused-ring (bicyclic) bond motifs is 5. The number of carbonyl (C=O) groups is 1. The Morgan fingerprint density at radius 1 is 1.05 bits per heavy atom. The maximum Gasteiger partial charge on any atom is 0.227 e. The van der Waals surface area contributed by atoms with Crippen LogP contribution in [0.5, 0.6) is 0 Å². The van der Waals surface area contributed by atoms with Crippen molar-refractivity contribution in [3.63, 3.8) is 0 Å². The van der Waals surface area contributed by atoms with E-state index < -0.39 is 0 Å². The highest BCUT2D eigenvalue weighted by molar-refractivity contribution is 5.81. The van der Waals surface area contributed by atoms with Gasteiger partial charge in [-0.05, 0) is 55.8 Å². The second-order valence-electron chi connectivity index (χ2n) is 7.16. The molecule has 3 nitrogen and oxygen atoms in total. The van der Waals surface area contributed by atoms with Crippen molar-refractivity contribution in [2.75, 3.05) is 0 Å². The third kappa shape index (κ3) is 1.85. The van der Waals surface area contributed by atoms with Gasteiger partial charge in [-0.3, -0.25) is 4.79 Å². The fourth-order valence-corrected chi connectivity index (χ4v) is 5.45. The zero-order chi connectivity index (χ0) is 13.0. The number of rotatable bonds is 2. The van der Waals surface area contributed by atoms with E-state index >= 15 is 0 Å². The first-order valence-corrected chi connectivity index (χ1v) is 7.96. The molecule has 3 saturated carbocycles. The summed E-state index contributed by atoms with van der Waals surface area (Å²) in [7, 11) is 0. The van der Waals surface area contributed by atoms with Crippen molar-refractivity contribution in [1.82, 2.24) is 5.32 Å². The van der Waals surface area contributed by atoms with E-state index in [4.69, 9.17) is 5.73 Å². The smallest absolute Gasteiger partial charge is 0.227 e. The van der Waals surface area contributed by atoms with Crippen molar-refractivity contribution in [2.24, 2.45) is 35.3 Å². The van der Waals surface area contributed by atoms with Gasteiger partial charge < -0.3 is 11.1 Å². The van der Waals surface area contributed by atoms with Gasteiger partial charge in [0, 0.05) is 12.1 Å². The van der Waals surface area contributed by atoms with Crippen molar-refractivity contribution in [2.45, 2.75) is 50.6 Å². The highest BCUT2D eigenvalue weighted by Gasteiger charge is 2.54. The molecule has 7 unspecified atom stereocenters. The molecule has 0 aromatic rings. The molecular formula is C16H24N2O. The van der Waals surface area contributed by atoms with Gasteiger partial charge in [-0.2, -0.15) is 0 Å². The van der Waals surface area contributed by atoms with Crippen LogP contribution in [0.4, 0.5) is 0 Å². The summed E-state index contributed by atoms with van der Waals surface area (Å²) in [4.78, 5) is 12.3. The fraction of sp³-hybridized carbons (Fsp3) is 0.812. The third-order valence-corrected chi connectivity index (χ3v) is 6.21. The molecule has 0 spiro atoms. The van der Waals surface area contributed by atoms with Gasteiger partial charge in [0.25, 0.3) is 0 Å². The highest BCUT2D eigenvalue weighted by Crippen LogP contribution is 2.58. The first-order valence-electron chi connectivity index (χ1n) is 7.96. The molecule has 0 aromatic carbocycles. The number of nitrogens with one attached hydrogen (secondary N) is 1. The number of hydrogen-bond donors (Lipinski definition) is 2. The third-order valence-electron chi connectivity index (χ3n) is 6.21. The van der Waals surface area contributed by atoms with E-state index in [0.717, 1.165) is 30.1 Å². The zero-order valence-electron chi connectivity index (χ0n) is 11.4. The Bertz CT molecular complexity index is 419. The minimum atomic E-state index is 0.0218. The Kier molecular flexibility index (Phi) is 2.73. The largest absolute Gasteiger partial charge is 0.353 e. The molecule has 0 heterocycles. The summed E-state index contributed by atoms with van der Waals surface area (Å²) in [6.45, 7) is 0. The first-order chi connectivity index (χ1) is 9.22. The maximum atomic E-state index is 12.3. The van der Waals surface area contributed by atoms with Crippen molar-refractivity contribution >= 4 is 5.91 Å². The van der Waals surface area contributed by atoms with Crippen molar-refractivity contribution in [3.05, 3.63) is 12.2 Å². The Hall–Kier alpha value is -0.830. The minimum Gasteiger partial charge on any atom is -0.353 e. The van der Waals surface area contributed by atoms with Gasteiger partial charge in [0.1, 0.15) is 0 Å². The summed E-state index contributed by atoms with van der Waals surface area (Å²) in [6.07, 6.45) is 11.6. The van der Waals surface area contributed by atoms with Crippen molar-refractivity contribution < 1.29 is 4.79 Å². The molecule has 7 atom stereocenters. The normalized spacial score (nSPS) is 50.7. The van der Waals surface area contributed by atoms with Gasteiger partial charge >= 0.3 is 0 Å². The number of amides is 1. The fourth-order valence-electron chi connectivity index (χ4n) is 5.45. The lowest BCUT2D eigenvalue weighted by Gasteiger charge is -2.32. The lowest BCUT2D eigenvalue weighted by Crippen LogP contribution is -2.44. The van der Waals surface area contributed by atoms with E-state index in [0.29, 0.717) is 6.04 Å². The zero-order valence-corrected chi connectivity index (χ0v) is 11.4. The van der Waals surface area contributed by atoms with Crippen LogP contribution < -0.4 is 11.1 Å². The predicted molar refractivity (Wildman–Crippen MR) is 74.2 cm³/mol. The molecule has 0 radical (unpaired) electrons. The summed E-state index contributed by atoms with van der Waals surface area (Å²) in [5, 5.41) is 3.34.